The van der Waals surface area contributed by atoms with Gasteiger partial charge >= 0.3 is 0 Å². The van der Waals surface area contributed by atoms with Crippen molar-refractivity contribution in [2.24, 2.45) is 10.9 Å². The number of aromatic nitrogens is 1. The van der Waals surface area contributed by atoms with Crippen molar-refractivity contribution in [3.05, 3.63) is 45.4 Å². The number of benzene rings is 1. The molecule has 3 N–H and O–H groups in total. The van der Waals surface area contributed by atoms with E-state index in [-0.39, 0.29) is 29.9 Å². The Morgan fingerprint density at radius 1 is 1.19 bits per heavy atom. The zero-order chi connectivity index (χ0) is 21.9. The number of hydrogen-bond acceptors (Lipinski definition) is 5. The Labute approximate surface area is 206 Å². The molecule has 0 saturated carbocycles. The van der Waals surface area contributed by atoms with Crippen LogP contribution in [-0.2, 0) is 6.54 Å². The summed E-state index contributed by atoms with van der Waals surface area (Å²) in [5, 5.41) is 9.42. The molecule has 0 fully saturated rings. The van der Waals surface area contributed by atoms with Gasteiger partial charge in [0.2, 0.25) is 0 Å². The molecule has 0 radical (unpaired) electrons. The van der Waals surface area contributed by atoms with Crippen LogP contribution in [0.1, 0.15) is 46.8 Å². The van der Waals surface area contributed by atoms with Crippen LogP contribution >= 0.6 is 35.3 Å². The van der Waals surface area contributed by atoms with Crippen molar-refractivity contribution in [2.45, 2.75) is 40.7 Å². The third kappa shape index (κ3) is 9.42. The monoisotopic (exact) mass is 559 g/mol. The summed E-state index contributed by atoms with van der Waals surface area (Å²) in [5.41, 5.74) is 4.70. The molecule has 7 nitrogen and oxygen atoms in total. The number of aliphatic imine (C=N–C) groups is 1. The van der Waals surface area contributed by atoms with Crippen LogP contribution in [0, 0.1) is 19.8 Å². The third-order valence-corrected chi connectivity index (χ3v) is 5.43. The molecule has 0 unspecified atom stereocenters. The van der Waals surface area contributed by atoms with Gasteiger partial charge in [0, 0.05) is 32.2 Å². The van der Waals surface area contributed by atoms with Crippen molar-refractivity contribution in [3.63, 3.8) is 0 Å². The van der Waals surface area contributed by atoms with Crippen molar-refractivity contribution in [3.8, 4) is 5.75 Å². The average molecular weight is 560 g/mol. The zero-order valence-electron chi connectivity index (χ0n) is 18.9. The maximum atomic E-state index is 12.1. The number of nitrogens with zero attached hydrogens (tertiary/aromatic N) is 2. The van der Waals surface area contributed by atoms with Crippen LogP contribution in [0.2, 0.25) is 0 Å². The highest BCUT2D eigenvalue weighted by atomic mass is 127. The molecule has 31 heavy (non-hydrogen) atoms. The molecule has 0 spiro atoms. The molecule has 2 aromatic rings. The Balaban J connectivity index is 0.00000480. The first-order chi connectivity index (χ1) is 14.4. The van der Waals surface area contributed by atoms with Gasteiger partial charge in [-0.1, -0.05) is 26.0 Å². The molecule has 0 atom stereocenters. The van der Waals surface area contributed by atoms with Gasteiger partial charge in [-0.15, -0.1) is 35.3 Å². The van der Waals surface area contributed by atoms with Crippen molar-refractivity contribution < 1.29 is 9.53 Å². The zero-order valence-corrected chi connectivity index (χ0v) is 22.1. The van der Waals surface area contributed by atoms with E-state index in [1.54, 1.807) is 12.6 Å². The fraction of sp³-hybridized carbons (Fsp3) is 0.500. The predicted octanol–water partition coefficient (Wildman–Crippen LogP) is 3.90. The second-order valence-corrected chi connectivity index (χ2v) is 8.37. The summed E-state index contributed by atoms with van der Waals surface area (Å²) >= 11 is 1.35. The van der Waals surface area contributed by atoms with Gasteiger partial charge in [0.1, 0.15) is 10.6 Å². The molecule has 1 amide bonds. The molecule has 9 heteroatoms. The molecule has 0 aliphatic carbocycles. The molecule has 1 aromatic carbocycles. The Morgan fingerprint density at radius 2 is 1.94 bits per heavy atom. The Bertz CT molecular complexity index is 854. The van der Waals surface area contributed by atoms with Gasteiger partial charge in [-0.2, -0.15) is 0 Å². The lowest BCUT2D eigenvalue weighted by Gasteiger charge is -2.16. The number of ether oxygens (including phenoxy) is 1. The van der Waals surface area contributed by atoms with Crippen molar-refractivity contribution in [1.82, 2.24) is 20.9 Å². The second kappa shape index (κ2) is 14.2. The van der Waals surface area contributed by atoms with Crippen molar-refractivity contribution in [2.75, 3.05) is 26.7 Å². The number of carbonyl (C=O) groups excluding carboxylic acids is 1. The Hall–Kier alpha value is -1.88. The van der Waals surface area contributed by atoms with E-state index < -0.39 is 0 Å². The van der Waals surface area contributed by atoms with Gasteiger partial charge < -0.3 is 20.7 Å². The van der Waals surface area contributed by atoms with Crippen LogP contribution in [-0.4, -0.2) is 43.6 Å². The standard InChI is InChI=1S/C22H33N5O2S.HI/c1-15(2)8-11-29-19-12-16(3)6-7-18(19)13-26-22(23-5)25-10-9-24-21(28)20-17(4)27-14-30-20;/h6-7,12,14-15H,8-11,13H2,1-5H3,(H,24,28)(H2,23,25,26);1H. The van der Waals surface area contributed by atoms with Gasteiger partial charge in [-0.05, 0) is 37.8 Å². The maximum Gasteiger partial charge on any atom is 0.263 e. The number of aryl methyl sites for hydroxylation is 2. The molecule has 2 rings (SSSR count). The molecule has 1 heterocycles. The van der Waals surface area contributed by atoms with Crippen molar-refractivity contribution >= 4 is 47.2 Å². The normalized spacial score (nSPS) is 11.1. The highest BCUT2D eigenvalue weighted by molar-refractivity contribution is 14.0. The van der Waals surface area contributed by atoms with E-state index in [1.807, 2.05) is 6.92 Å². The van der Waals surface area contributed by atoms with Crippen molar-refractivity contribution in [1.29, 1.82) is 0 Å². The van der Waals surface area contributed by atoms with Crippen LogP contribution in [0.4, 0.5) is 0 Å². The van der Waals surface area contributed by atoms with Gasteiger partial charge in [-0.3, -0.25) is 9.79 Å². The quantitative estimate of drug-likeness (QED) is 0.178. The number of hydrogen-bond donors (Lipinski definition) is 3. The van der Waals surface area contributed by atoms with Crippen LogP contribution in [0.15, 0.2) is 28.7 Å². The number of nitrogens with one attached hydrogen (secondary N) is 3. The minimum Gasteiger partial charge on any atom is -0.493 e. The highest BCUT2D eigenvalue weighted by Crippen LogP contribution is 2.21. The molecule has 0 aliphatic rings. The number of guanidine groups is 1. The number of amides is 1. The first-order valence-electron chi connectivity index (χ1n) is 10.3. The number of halogens is 1. The molecular weight excluding hydrogens is 525 g/mol. The Morgan fingerprint density at radius 3 is 2.58 bits per heavy atom. The molecule has 172 valence electrons. The third-order valence-electron chi connectivity index (χ3n) is 4.50. The summed E-state index contributed by atoms with van der Waals surface area (Å²) in [7, 11) is 1.73. The maximum absolute atomic E-state index is 12.1. The summed E-state index contributed by atoms with van der Waals surface area (Å²) in [6.07, 6.45) is 1.02. The van der Waals surface area contributed by atoms with Gasteiger partial charge in [0.05, 0.1) is 17.8 Å². The topological polar surface area (TPSA) is 87.6 Å². The number of rotatable bonds is 10. The minimum atomic E-state index is -0.0948. The summed E-state index contributed by atoms with van der Waals surface area (Å²) in [4.78, 5) is 21.1. The first kappa shape index (κ1) is 27.2. The molecule has 0 aliphatic heterocycles. The van der Waals surface area contributed by atoms with Crippen LogP contribution in [0.3, 0.4) is 0 Å². The van der Waals surface area contributed by atoms with Gasteiger partial charge in [0.15, 0.2) is 5.96 Å². The van der Waals surface area contributed by atoms with Crippen LogP contribution < -0.4 is 20.7 Å². The van der Waals surface area contributed by atoms with E-state index >= 15 is 0 Å². The fourth-order valence-corrected chi connectivity index (χ4v) is 3.42. The van der Waals surface area contributed by atoms with Gasteiger partial charge in [-0.25, -0.2) is 4.98 Å². The Kier molecular flexibility index (Phi) is 12.5. The average Bonchev–Trinajstić information content (AvgIpc) is 3.14. The second-order valence-electron chi connectivity index (χ2n) is 7.52. The molecule has 0 bridgehead atoms. The smallest absolute Gasteiger partial charge is 0.263 e. The summed E-state index contributed by atoms with van der Waals surface area (Å²) in [6, 6.07) is 6.24. The summed E-state index contributed by atoms with van der Waals surface area (Å²) in [5.74, 6) is 2.10. The van der Waals surface area contributed by atoms with E-state index in [9.17, 15) is 4.79 Å². The van der Waals surface area contributed by atoms with E-state index in [4.69, 9.17) is 4.74 Å². The number of thiazole rings is 1. The number of carbonyl (C=O) groups is 1. The highest BCUT2D eigenvalue weighted by Gasteiger charge is 2.11. The van der Waals surface area contributed by atoms with E-state index in [1.165, 1.54) is 16.9 Å². The van der Waals surface area contributed by atoms with Crippen LogP contribution in [0.25, 0.3) is 0 Å². The first-order valence-corrected chi connectivity index (χ1v) is 11.1. The molecular formula is C22H34IN5O2S. The summed E-state index contributed by atoms with van der Waals surface area (Å²) < 4.78 is 6.01. The largest absolute Gasteiger partial charge is 0.493 e. The SMILES string of the molecule is CN=C(NCCNC(=O)c1scnc1C)NCc1ccc(C)cc1OCCC(C)C.I. The lowest BCUT2D eigenvalue weighted by atomic mass is 10.1. The van der Waals surface area contributed by atoms with Crippen LogP contribution in [0.5, 0.6) is 5.75 Å². The van der Waals surface area contributed by atoms with E-state index in [0.29, 0.717) is 43.0 Å². The molecule has 0 saturated heterocycles. The minimum absolute atomic E-state index is 0. The van der Waals surface area contributed by atoms with E-state index in [0.717, 1.165) is 23.4 Å². The lowest BCUT2D eigenvalue weighted by Crippen LogP contribution is -2.41. The molecule has 1 aromatic heterocycles. The lowest BCUT2D eigenvalue weighted by molar-refractivity contribution is 0.0957. The fourth-order valence-electron chi connectivity index (χ4n) is 2.70. The predicted molar refractivity (Wildman–Crippen MR) is 139 cm³/mol. The van der Waals surface area contributed by atoms with Gasteiger partial charge in [0.25, 0.3) is 5.91 Å². The van der Waals surface area contributed by atoms with E-state index in [2.05, 4.69) is 64.9 Å². The summed E-state index contributed by atoms with van der Waals surface area (Å²) in [6.45, 7) is 10.6.